The van der Waals surface area contributed by atoms with Crippen molar-refractivity contribution in [2.45, 2.75) is 79.1 Å². The van der Waals surface area contributed by atoms with Crippen LogP contribution in [0.15, 0.2) is 48.5 Å². The number of aryl methyl sites for hydroxylation is 3. The first-order valence-electron chi connectivity index (χ1n) is 13.6. The van der Waals surface area contributed by atoms with Gasteiger partial charge in [0.15, 0.2) is 6.61 Å². The molecule has 4 heteroatoms. The molecule has 0 aromatic heterocycles. The van der Waals surface area contributed by atoms with E-state index in [2.05, 4.69) is 62.9 Å². The molecule has 2 N–H and O–H groups in total. The number of phenols is 1. The summed E-state index contributed by atoms with van der Waals surface area (Å²) in [4.78, 5) is 10.9. The molecular weight excluding hydrogens is 472 g/mol. The lowest BCUT2D eigenvalue weighted by Crippen LogP contribution is -2.10. The van der Waals surface area contributed by atoms with E-state index >= 15 is 0 Å². The van der Waals surface area contributed by atoms with Crippen LogP contribution in [0.3, 0.4) is 0 Å². The second-order valence-corrected chi connectivity index (χ2v) is 10.4. The molecule has 3 rings (SSSR count). The fraction of sp³-hybridized carbons (Fsp3) is 0.382. The van der Waals surface area contributed by atoms with Crippen LogP contribution in [0.1, 0.15) is 96.9 Å². The maximum absolute atomic E-state index is 11.0. The maximum atomic E-state index is 11.0. The Bertz CT molecular complexity index is 1280. The number of aromatic hydroxyl groups is 1. The highest BCUT2D eigenvalue weighted by Crippen LogP contribution is 2.32. The maximum Gasteiger partial charge on any atom is 0.341 e. The quantitative estimate of drug-likeness (QED) is 0.204. The van der Waals surface area contributed by atoms with Crippen LogP contribution in [0.5, 0.6) is 11.5 Å². The van der Waals surface area contributed by atoms with Crippen LogP contribution in [0.4, 0.5) is 0 Å². The van der Waals surface area contributed by atoms with Gasteiger partial charge in [-0.1, -0.05) is 70.1 Å². The van der Waals surface area contributed by atoms with Gasteiger partial charge >= 0.3 is 5.97 Å². The van der Waals surface area contributed by atoms with E-state index in [9.17, 15) is 9.90 Å². The van der Waals surface area contributed by atoms with Crippen LogP contribution < -0.4 is 4.74 Å². The number of aliphatic carboxylic acids is 1. The Morgan fingerprint density at radius 2 is 1.61 bits per heavy atom. The summed E-state index contributed by atoms with van der Waals surface area (Å²) in [5.41, 5.74) is 8.08. The van der Waals surface area contributed by atoms with E-state index < -0.39 is 5.97 Å². The van der Waals surface area contributed by atoms with Crippen molar-refractivity contribution >= 4 is 5.97 Å². The third kappa shape index (κ3) is 8.15. The minimum absolute atomic E-state index is 0.150. The highest BCUT2D eigenvalue weighted by molar-refractivity contribution is 5.68. The van der Waals surface area contributed by atoms with Crippen LogP contribution in [-0.2, 0) is 17.6 Å². The van der Waals surface area contributed by atoms with E-state index in [4.69, 9.17) is 9.84 Å². The summed E-state index contributed by atoms with van der Waals surface area (Å²) in [5.74, 6) is 6.41. The summed E-state index contributed by atoms with van der Waals surface area (Å²) in [5, 5.41) is 19.9. The zero-order valence-corrected chi connectivity index (χ0v) is 23.4. The summed E-state index contributed by atoms with van der Waals surface area (Å²) >= 11 is 0. The van der Waals surface area contributed by atoms with Crippen molar-refractivity contribution in [1.29, 1.82) is 0 Å². The van der Waals surface area contributed by atoms with Gasteiger partial charge < -0.3 is 14.9 Å². The predicted octanol–water partition coefficient (Wildman–Crippen LogP) is 7.71. The molecule has 0 saturated heterocycles. The van der Waals surface area contributed by atoms with E-state index in [1.54, 1.807) is 0 Å². The number of hydrogen-bond acceptors (Lipinski definition) is 3. The lowest BCUT2D eigenvalue weighted by Gasteiger charge is -2.16. The molecule has 4 nitrogen and oxygen atoms in total. The van der Waals surface area contributed by atoms with E-state index in [1.165, 1.54) is 31.2 Å². The van der Waals surface area contributed by atoms with E-state index in [0.29, 0.717) is 17.7 Å². The fourth-order valence-electron chi connectivity index (χ4n) is 4.67. The number of ether oxygens (including phenoxy) is 1. The number of carboxylic acids is 1. The van der Waals surface area contributed by atoms with Crippen LogP contribution in [0.25, 0.3) is 0 Å². The average molecular weight is 513 g/mol. The summed E-state index contributed by atoms with van der Waals surface area (Å²) in [6.45, 7) is 10.0. The van der Waals surface area contributed by atoms with Gasteiger partial charge in [-0.3, -0.25) is 0 Å². The average Bonchev–Trinajstić information content (AvgIpc) is 2.88. The van der Waals surface area contributed by atoms with Gasteiger partial charge in [0, 0.05) is 5.56 Å². The van der Waals surface area contributed by atoms with Gasteiger partial charge in [-0.25, -0.2) is 4.79 Å². The molecule has 200 valence electrons. The normalized spacial score (nSPS) is 10.8. The molecule has 38 heavy (non-hydrogen) atoms. The van der Waals surface area contributed by atoms with E-state index in [0.717, 1.165) is 39.8 Å². The van der Waals surface area contributed by atoms with Crippen molar-refractivity contribution in [3.63, 3.8) is 0 Å². The van der Waals surface area contributed by atoms with Crippen LogP contribution in [-0.4, -0.2) is 22.8 Å². The number of hydrogen-bond donors (Lipinski definition) is 2. The van der Waals surface area contributed by atoms with Crippen molar-refractivity contribution in [2.24, 2.45) is 0 Å². The van der Waals surface area contributed by atoms with Crippen molar-refractivity contribution in [3.8, 4) is 23.3 Å². The van der Waals surface area contributed by atoms with Crippen molar-refractivity contribution in [2.75, 3.05) is 6.61 Å². The van der Waals surface area contributed by atoms with Crippen molar-refractivity contribution < 1.29 is 19.7 Å². The Balaban J connectivity index is 1.85. The molecule has 0 aliphatic carbocycles. The number of carbonyl (C=O) groups is 1. The molecule has 3 aromatic rings. The second-order valence-electron chi connectivity index (χ2n) is 10.4. The first-order valence-corrected chi connectivity index (χ1v) is 13.6. The molecule has 0 atom stereocenters. The number of carboxylic acid groups (broad SMARTS) is 1. The van der Waals surface area contributed by atoms with Crippen LogP contribution in [0, 0.1) is 25.7 Å². The number of rotatable bonds is 11. The van der Waals surface area contributed by atoms with Gasteiger partial charge in [0.05, 0.1) is 5.56 Å². The van der Waals surface area contributed by atoms with Gasteiger partial charge in [0.1, 0.15) is 11.5 Å². The molecule has 0 bridgehead atoms. The summed E-state index contributed by atoms with van der Waals surface area (Å²) < 4.78 is 5.38. The third-order valence-electron chi connectivity index (χ3n) is 6.85. The largest absolute Gasteiger partial charge is 0.506 e. The second kappa shape index (κ2) is 13.7. The van der Waals surface area contributed by atoms with Crippen LogP contribution >= 0.6 is 0 Å². The molecule has 0 heterocycles. The smallest absolute Gasteiger partial charge is 0.341 e. The molecule has 0 radical (unpaired) electrons. The minimum Gasteiger partial charge on any atom is -0.506 e. The first-order chi connectivity index (χ1) is 18.2. The van der Waals surface area contributed by atoms with Crippen molar-refractivity contribution in [3.05, 3.63) is 93.0 Å². The summed E-state index contributed by atoms with van der Waals surface area (Å²) in [6, 6.07) is 16.2. The lowest BCUT2D eigenvalue weighted by molar-refractivity contribution is -0.139. The SMILES string of the molecule is CCCCCCc1ccc(C#Cc2cc(Cc3c(C)cc(OCC(=O)O)cc3C)cc(C(C)C)c2O)cc1. The van der Waals surface area contributed by atoms with Gasteiger partial charge in [0.2, 0.25) is 0 Å². The Hall–Kier alpha value is -3.71. The topological polar surface area (TPSA) is 66.8 Å². The number of phenolic OH excluding ortho intramolecular Hbond substituents is 1. The van der Waals surface area contributed by atoms with Gasteiger partial charge in [-0.15, -0.1) is 0 Å². The highest BCUT2D eigenvalue weighted by atomic mass is 16.5. The Morgan fingerprint density at radius 3 is 2.21 bits per heavy atom. The Kier molecular flexibility index (Phi) is 10.4. The molecule has 0 aliphatic rings. The molecule has 0 saturated carbocycles. The van der Waals surface area contributed by atoms with Gasteiger partial charge in [-0.05, 0) is 103 Å². The standard InChI is InChI=1S/C34H40O4/c1-6-7-8-9-10-26-11-13-27(14-12-26)15-16-29-19-28(20-31(23(2)3)34(29)37)21-32-24(4)17-30(18-25(32)5)38-22-33(35)36/h11-14,17-20,23,37H,6-10,21-22H2,1-5H3,(H,35,36). The molecule has 0 unspecified atom stereocenters. The fourth-order valence-corrected chi connectivity index (χ4v) is 4.67. The minimum atomic E-state index is -0.998. The molecule has 0 spiro atoms. The monoisotopic (exact) mass is 512 g/mol. The zero-order chi connectivity index (χ0) is 27.7. The zero-order valence-electron chi connectivity index (χ0n) is 23.4. The first kappa shape index (κ1) is 28.9. The Labute approximate surface area is 227 Å². The molecule has 0 aliphatic heterocycles. The molecule has 0 fully saturated rings. The lowest BCUT2D eigenvalue weighted by atomic mass is 9.91. The van der Waals surface area contributed by atoms with Crippen molar-refractivity contribution in [1.82, 2.24) is 0 Å². The molecule has 3 aromatic carbocycles. The highest BCUT2D eigenvalue weighted by Gasteiger charge is 2.14. The van der Waals surface area contributed by atoms with Gasteiger partial charge in [-0.2, -0.15) is 0 Å². The van der Waals surface area contributed by atoms with E-state index in [1.807, 2.05) is 32.0 Å². The number of benzene rings is 3. The third-order valence-corrected chi connectivity index (χ3v) is 6.85. The van der Waals surface area contributed by atoms with Gasteiger partial charge in [0.25, 0.3) is 0 Å². The summed E-state index contributed by atoms with van der Waals surface area (Å²) in [7, 11) is 0. The van der Waals surface area contributed by atoms with E-state index in [-0.39, 0.29) is 18.3 Å². The predicted molar refractivity (Wildman–Crippen MR) is 154 cm³/mol. The number of unbranched alkanes of at least 4 members (excludes halogenated alkanes) is 3. The molecule has 0 amide bonds. The molecular formula is C34H40O4. The Morgan fingerprint density at radius 1 is 0.921 bits per heavy atom. The van der Waals surface area contributed by atoms with Crippen LogP contribution in [0.2, 0.25) is 0 Å². The summed E-state index contributed by atoms with van der Waals surface area (Å²) in [6.07, 6.45) is 6.80.